The molecule has 0 amide bonds. The Hall–Kier alpha value is -0.280. The summed E-state index contributed by atoms with van der Waals surface area (Å²) in [7, 11) is 4.55. The van der Waals surface area contributed by atoms with Crippen molar-refractivity contribution in [1.29, 1.82) is 0 Å². The van der Waals surface area contributed by atoms with Crippen LogP contribution in [0.1, 0.15) is 17.5 Å². The molecular formula is C12H21Cl2N2+. The molecule has 0 atom stereocenters. The van der Waals surface area contributed by atoms with E-state index in [1.807, 2.05) is 0 Å². The van der Waals surface area contributed by atoms with Crippen molar-refractivity contribution >= 4 is 30.5 Å². The number of nitrogens with two attached hydrogens (primary N) is 1. The van der Waals surface area contributed by atoms with Crippen molar-refractivity contribution in [2.75, 3.05) is 20.6 Å². The third kappa shape index (κ3) is 2.89. The molecule has 2 nitrogen and oxygen atoms in total. The summed E-state index contributed by atoms with van der Waals surface area (Å²) >= 11 is 0. The Balaban J connectivity index is 0.00000112. The number of nitrogens with zero attached hydrogens (tertiary/aromatic N) is 1. The van der Waals surface area contributed by atoms with Gasteiger partial charge in [-0.05, 0) is 12.0 Å². The zero-order valence-electron chi connectivity index (χ0n) is 9.90. The molecule has 1 heterocycles. The van der Waals surface area contributed by atoms with E-state index in [0.29, 0.717) is 6.54 Å². The summed E-state index contributed by atoms with van der Waals surface area (Å²) in [4.78, 5) is 0. The fraction of sp³-hybridized carbons (Fsp3) is 0.500. The smallest absolute Gasteiger partial charge is 0.135 e. The van der Waals surface area contributed by atoms with Gasteiger partial charge in [0.1, 0.15) is 5.69 Å². The first-order chi connectivity index (χ1) is 6.63. The normalized spacial score (nSPS) is 16.7. The molecule has 92 valence electrons. The molecule has 0 aliphatic carbocycles. The number of quaternary nitrogens is 1. The largest absolute Gasteiger partial charge is 0.326 e. The number of halogens is 2. The van der Waals surface area contributed by atoms with E-state index in [2.05, 4.69) is 32.3 Å². The van der Waals surface area contributed by atoms with Gasteiger partial charge in [0.25, 0.3) is 0 Å². The molecule has 0 saturated carbocycles. The SMILES string of the molecule is C[N+]1(C)CCCc2ccc(CN)cc21.Cl.Cl. The van der Waals surface area contributed by atoms with Gasteiger partial charge < -0.3 is 5.73 Å². The monoisotopic (exact) mass is 263 g/mol. The number of fused-ring (bicyclic) bond motifs is 1. The van der Waals surface area contributed by atoms with E-state index in [4.69, 9.17) is 5.73 Å². The topological polar surface area (TPSA) is 26.0 Å². The first kappa shape index (κ1) is 15.7. The second-order valence-electron chi connectivity index (χ2n) is 4.68. The summed E-state index contributed by atoms with van der Waals surface area (Å²) in [5.41, 5.74) is 9.87. The summed E-state index contributed by atoms with van der Waals surface area (Å²) in [5, 5.41) is 0. The van der Waals surface area contributed by atoms with Crippen molar-refractivity contribution in [3.8, 4) is 0 Å². The lowest BCUT2D eigenvalue weighted by Crippen LogP contribution is -2.44. The molecule has 0 bridgehead atoms. The lowest BCUT2D eigenvalue weighted by atomic mass is 9.98. The van der Waals surface area contributed by atoms with E-state index in [1.54, 1.807) is 0 Å². The number of benzene rings is 1. The molecule has 0 spiro atoms. The molecule has 0 fully saturated rings. The lowest BCUT2D eigenvalue weighted by Gasteiger charge is -2.35. The Morgan fingerprint density at radius 1 is 1.25 bits per heavy atom. The maximum Gasteiger partial charge on any atom is 0.135 e. The molecular weight excluding hydrogens is 243 g/mol. The van der Waals surface area contributed by atoms with Gasteiger partial charge in [-0.15, -0.1) is 24.8 Å². The average molecular weight is 264 g/mol. The number of aryl methyl sites for hydroxylation is 1. The van der Waals surface area contributed by atoms with Crippen molar-refractivity contribution < 1.29 is 0 Å². The molecule has 4 heteroatoms. The maximum absolute atomic E-state index is 5.66. The molecule has 0 radical (unpaired) electrons. The van der Waals surface area contributed by atoms with E-state index in [-0.39, 0.29) is 24.8 Å². The summed E-state index contributed by atoms with van der Waals surface area (Å²) in [6.07, 6.45) is 2.52. The van der Waals surface area contributed by atoms with Gasteiger partial charge in [0, 0.05) is 24.6 Å². The van der Waals surface area contributed by atoms with Crippen molar-refractivity contribution in [2.45, 2.75) is 19.4 Å². The minimum Gasteiger partial charge on any atom is -0.326 e. The van der Waals surface area contributed by atoms with E-state index in [9.17, 15) is 0 Å². The minimum absolute atomic E-state index is 0. The van der Waals surface area contributed by atoms with Crippen LogP contribution in [0.3, 0.4) is 0 Å². The molecule has 2 rings (SSSR count). The van der Waals surface area contributed by atoms with E-state index >= 15 is 0 Å². The molecule has 1 aromatic carbocycles. The van der Waals surface area contributed by atoms with Crippen LogP contribution in [0.15, 0.2) is 18.2 Å². The van der Waals surface area contributed by atoms with Crippen molar-refractivity contribution in [2.24, 2.45) is 5.73 Å². The number of hydrogen-bond donors (Lipinski definition) is 1. The van der Waals surface area contributed by atoms with Crippen LogP contribution in [-0.2, 0) is 13.0 Å². The quantitative estimate of drug-likeness (QED) is 0.775. The highest BCUT2D eigenvalue weighted by Crippen LogP contribution is 2.31. The Morgan fingerprint density at radius 3 is 2.56 bits per heavy atom. The van der Waals surface area contributed by atoms with Crippen LogP contribution in [-0.4, -0.2) is 20.6 Å². The molecule has 1 aliphatic heterocycles. The predicted molar refractivity (Wildman–Crippen MR) is 75.7 cm³/mol. The summed E-state index contributed by atoms with van der Waals surface area (Å²) in [5.74, 6) is 0. The van der Waals surface area contributed by atoms with Gasteiger partial charge in [0.15, 0.2) is 0 Å². The van der Waals surface area contributed by atoms with Crippen LogP contribution >= 0.6 is 24.8 Å². The Labute approximate surface area is 110 Å². The van der Waals surface area contributed by atoms with E-state index in [1.165, 1.54) is 36.2 Å². The highest BCUT2D eigenvalue weighted by atomic mass is 35.5. The third-order valence-corrected chi connectivity index (χ3v) is 3.20. The fourth-order valence-corrected chi connectivity index (χ4v) is 2.30. The van der Waals surface area contributed by atoms with Crippen LogP contribution in [0.4, 0.5) is 5.69 Å². The van der Waals surface area contributed by atoms with E-state index < -0.39 is 0 Å². The van der Waals surface area contributed by atoms with Crippen LogP contribution in [0.5, 0.6) is 0 Å². The zero-order valence-corrected chi connectivity index (χ0v) is 11.5. The summed E-state index contributed by atoms with van der Waals surface area (Å²) < 4.78 is 1.00. The Kier molecular flexibility index (Phi) is 5.77. The third-order valence-electron chi connectivity index (χ3n) is 3.20. The van der Waals surface area contributed by atoms with Crippen molar-refractivity contribution in [3.63, 3.8) is 0 Å². The standard InChI is InChI=1S/C12H19N2.2ClH/c1-14(2)7-3-4-11-6-5-10(9-13)8-12(11)14;;/h5-6,8H,3-4,7,9,13H2,1-2H3;2*1H/q+1;;. The minimum atomic E-state index is 0. The fourth-order valence-electron chi connectivity index (χ4n) is 2.30. The summed E-state index contributed by atoms with van der Waals surface area (Å²) in [6.45, 7) is 1.88. The zero-order chi connectivity index (χ0) is 10.2. The van der Waals surface area contributed by atoms with Gasteiger partial charge in [-0.3, -0.25) is 4.48 Å². The lowest BCUT2D eigenvalue weighted by molar-refractivity contribution is 0.369. The van der Waals surface area contributed by atoms with Crippen LogP contribution in [0.2, 0.25) is 0 Å². The molecule has 16 heavy (non-hydrogen) atoms. The maximum atomic E-state index is 5.66. The first-order valence-electron chi connectivity index (χ1n) is 5.29. The van der Waals surface area contributed by atoms with Gasteiger partial charge in [-0.25, -0.2) is 0 Å². The van der Waals surface area contributed by atoms with E-state index in [0.717, 1.165) is 4.48 Å². The highest BCUT2D eigenvalue weighted by Gasteiger charge is 2.26. The molecule has 1 aromatic rings. The predicted octanol–water partition coefficient (Wildman–Crippen LogP) is 2.50. The summed E-state index contributed by atoms with van der Waals surface area (Å²) in [6, 6.07) is 6.68. The molecule has 0 saturated heterocycles. The van der Waals surface area contributed by atoms with Gasteiger partial charge in [-0.1, -0.05) is 12.1 Å². The van der Waals surface area contributed by atoms with Crippen LogP contribution < -0.4 is 10.2 Å². The molecule has 0 unspecified atom stereocenters. The molecule has 1 aliphatic rings. The molecule has 0 aromatic heterocycles. The number of hydrogen-bond acceptors (Lipinski definition) is 1. The Morgan fingerprint density at radius 2 is 1.94 bits per heavy atom. The first-order valence-corrected chi connectivity index (χ1v) is 5.29. The second-order valence-corrected chi connectivity index (χ2v) is 4.68. The Bertz CT molecular complexity index is 351. The highest BCUT2D eigenvalue weighted by molar-refractivity contribution is 5.85. The van der Waals surface area contributed by atoms with Crippen molar-refractivity contribution in [1.82, 2.24) is 4.48 Å². The van der Waals surface area contributed by atoms with Crippen LogP contribution in [0.25, 0.3) is 0 Å². The van der Waals surface area contributed by atoms with Gasteiger partial charge in [-0.2, -0.15) is 0 Å². The van der Waals surface area contributed by atoms with Gasteiger partial charge in [0.05, 0.1) is 20.6 Å². The average Bonchev–Trinajstić information content (AvgIpc) is 2.17. The van der Waals surface area contributed by atoms with Gasteiger partial charge in [0.2, 0.25) is 0 Å². The second kappa shape index (κ2) is 5.87. The molecule has 2 N–H and O–H groups in total. The number of rotatable bonds is 1. The van der Waals surface area contributed by atoms with Gasteiger partial charge >= 0.3 is 0 Å². The van der Waals surface area contributed by atoms with Crippen molar-refractivity contribution in [3.05, 3.63) is 29.3 Å². The van der Waals surface area contributed by atoms with Crippen LogP contribution in [0, 0.1) is 0 Å².